The Balaban J connectivity index is 1.51. The van der Waals surface area contributed by atoms with Crippen molar-refractivity contribution in [3.63, 3.8) is 0 Å². The quantitative estimate of drug-likeness (QED) is 0.274. The molecule has 5 N–H and O–H groups in total. The van der Waals surface area contributed by atoms with E-state index < -0.39 is 43.3 Å². The van der Waals surface area contributed by atoms with Gasteiger partial charge in [0.2, 0.25) is 0 Å². The maximum atomic E-state index is 11.2. The SMILES string of the molecule is OC[C@H]1O[C@@H](n2cnc3c(N[C@@H](c4ccccc4)[C@H](O)c4ccccc4)ncnc32)C(O)C1O. The molecular formula is C24H25N5O5. The van der Waals surface area contributed by atoms with E-state index in [0.29, 0.717) is 17.0 Å². The Morgan fingerprint density at radius 1 is 0.912 bits per heavy atom. The fraction of sp³-hybridized carbons (Fsp3) is 0.292. The van der Waals surface area contributed by atoms with Crippen molar-refractivity contribution in [1.82, 2.24) is 19.5 Å². The maximum Gasteiger partial charge on any atom is 0.167 e. The van der Waals surface area contributed by atoms with Gasteiger partial charge in [-0.2, -0.15) is 0 Å². The normalized spacial score (nSPS) is 24.2. The summed E-state index contributed by atoms with van der Waals surface area (Å²) in [6.07, 6.45) is -2.48. The van der Waals surface area contributed by atoms with Crippen LogP contribution in [0.15, 0.2) is 73.3 Å². The average molecular weight is 463 g/mol. The minimum absolute atomic E-state index is 0.369. The van der Waals surface area contributed by atoms with Crippen molar-refractivity contribution in [3.05, 3.63) is 84.4 Å². The predicted octanol–water partition coefficient (Wildman–Crippen LogP) is 1.32. The number of aliphatic hydroxyl groups excluding tert-OH is 4. The average Bonchev–Trinajstić information content (AvgIpc) is 3.44. The highest BCUT2D eigenvalue weighted by molar-refractivity contribution is 5.83. The third kappa shape index (κ3) is 4.02. The summed E-state index contributed by atoms with van der Waals surface area (Å²) in [6, 6.07) is 18.3. The zero-order valence-corrected chi connectivity index (χ0v) is 18.1. The summed E-state index contributed by atoms with van der Waals surface area (Å²) in [7, 11) is 0. The minimum atomic E-state index is -1.27. The number of fused-ring (bicyclic) bond motifs is 1. The molecule has 10 nitrogen and oxygen atoms in total. The zero-order valence-electron chi connectivity index (χ0n) is 18.1. The number of anilines is 1. The molecule has 1 fully saturated rings. The Labute approximate surface area is 195 Å². The number of nitrogens with one attached hydrogen (secondary N) is 1. The predicted molar refractivity (Wildman–Crippen MR) is 123 cm³/mol. The van der Waals surface area contributed by atoms with Crippen LogP contribution in [0.2, 0.25) is 0 Å². The first-order chi connectivity index (χ1) is 16.6. The molecule has 6 atom stereocenters. The van der Waals surface area contributed by atoms with Gasteiger partial charge in [0.05, 0.1) is 19.0 Å². The fourth-order valence-corrected chi connectivity index (χ4v) is 4.25. The van der Waals surface area contributed by atoms with Crippen LogP contribution in [0.4, 0.5) is 5.82 Å². The second-order valence-electron chi connectivity index (χ2n) is 8.16. The molecule has 0 radical (unpaired) electrons. The van der Waals surface area contributed by atoms with Gasteiger partial charge in [-0.1, -0.05) is 60.7 Å². The van der Waals surface area contributed by atoms with Gasteiger partial charge in [-0.15, -0.1) is 0 Å². The van der Waals surface area contributed by atoms with Crippen LogP contribution in [0.25, 0.3) is 11.2 Å². The first kappa shape index (κ1) is 22.4. The third-order valence-electron chi connectivity index (χ3n) is 6.06. The molecule has 2 aromatic heterocycles. The highest BCUT2D eigenvalue weighted by atomic mass is 16.6. The highest BCUT2D eigenvalue weighted by Crippen LogP contribution is 2.35. The van der Waals surface area contributed by atoms with E-state index in [4.69, 9.17) is 4.74 Å². The Hall–Kier alpha value is -3.41. The van der Waals surface area contributed by atoms with Gasteiger partial charge in [-0.05, 0) is 11.1 Å². The Morgan fingerprint density at radius 2 is 1.59 bits per heavy atom. The van der Waals surface area contributed by atoms with Gasteiger partial charge >= 0.3 is 0 Å². The van der Waals surface area contributed by atoms with Crippen LogP contribution in [0.1, 0.15) is 29.5 Å². The summed E-state index contributed by atoms with van der Waals surface area (Å²) < 4.78 is 7.12. The van der Waals surface area contributed by atoms with Crippen molar-refractivity contribution in [1.29, 1.82) is 0 Å². The lowest BCUT2D eigenvalue weighted by atomic mass is 9.96. The fourth-order valence-electron chi connectivity index (χ4n) is 4.25. The van der Waals surface area contributed by atoms with Gasteiger partial charge in [0.25, 0.3) is 0 Å². The van der Waals surface area contributed by atoms with Crippen molar-refractivity contribution >= 4 is 17.0 Å². The number of rotatable bonds is 7. The van der Waals surface area contributed by atoms with E-state index in [1.54, 1.807) is 0 Å². The highest BCUT2D eigenvalue weighted by Gasteiger charge is 2.44. The molecular weight excluding hydrogens is 438 g/mol. The first-order valence-corrected chi connectivity index (χ1v) is 10.9. The van der Waals surface area contributed by atoms with Crippen molar-refractivity contribution in [2.75, 3.05) is 11.9 Å². The molecule has 1 aliphatic rings. The van der Waals surface area contributed by atoms with Crippen molar-refractivity contribution in [2.45, 2.75) is 36.7 Å². The standard InChI is InChI=1S/C24H25N5O5/c30-11-16-20(32)21(33)24(34-16)29-13-27-18-22(25-12-26-23(18)29)28-17(14-7-3-1-4-8-14)19(31)15-9-5-2-6-10-15/h1-10,12-13,16-17,19-21,24,30-33H,11H2,(H,25,26,28)/t16-,17+,19-,20?,21?,24-/m1/s1. The van der Waals surface area contributed by atoms with Crippen molar-refractivity contribution < 1.29 is 25.2 Å². The molecule has 34 heavy (non-hydrogen) atoms. The topological polar surface area (TPSA) is 146 Å². The first-order valence-electron chi connectivity index (χ1n) is 10.9. The molecule has 1 aliphatic heterocycles. The third-order valence-corrected chi connectivity index (χ3v) is 6.06. The van der Waals surface area contributed by atoms with Crippen LogP contribution in [0, 0.1) is 0 Å². The number of hydrogen-bond acceptors (Lipinski definition) is 9. The second-order valence-corrected chi connectivity index (χ2v) is 8.16. The molecule has 2 aromatic carbocycles. The largest absolute Gasteiger partial charge is 0.394 e. The summed E-state index contributed by atoms with van der Waals surface area (Å²) >= 11 is 0. The van der Waals surface area contributed by atoms with Crippen LogP contribution < -0.4 is 5.32 Å². The zero-order chi connectivity index (χ0) is 23.7. The van der Waals surface area contributed by atoms with E-state index in [9.17, 15) is 20.4 Å². The second kappa shape index (κ2) is 9.45. The molecule has 10 heteroatoms. The van der Waals surface area contributed by atoms with Gasteiger partial charge in [0.15, 0.2) is 23.2 Å². The van der Waals surface area contributed by atoms with Gasteiger partial charge in [0, 0.05) is 0 Å². The van der Waals surface area contributed by atoms with Crippen molar-refractivity contribution in [3.8, 4) is 0 Å². The van der Waals surface area contributed by atoms with Crippen LogP contribution in [0.3, 0.4) is 0 Å². The van der Waals surface area contributed by atoms with Gasteiger partial charge in [0.1, 0.15) is 30.7 Å². The summed E-state index contributed by atoms with van der Waals surface area (Å²) in [5.41, 5.74) is 2.37. The van der Waals surface area contributed by atoms with Crippen LogP contribution in [-0.4, -0.2) is 64.9 Å². The maximum absolute atomic E-state index is 11.2. The Kier molecular flexibility index (Phi) is 6.22. The molecule has 0 aliphatic carbocycles. The molecule has 2 unspecified atom stereocenters. The molecule has 176 valence electrons. The smallest absolute Gasteiger partial charge is 0.167 e. The van der Waals surface area contributed by atoms with Crippen LogP contribution in [0.5, 0.6) is 0 Å². The number of nitrogens with zero attached hydrogens (tertiary/aromatic N) is 4. The minimum Gasteiger partial charge on any atom is -0.394 e. The van der Waals surface area contributed by atoms with E-state index in [0.717, 1.165) is 11.1 Å². The van der Waals surface area contributed by atoms with E-state index in [1.807, 2.05) is 60.7 Å². The molecule has 0 spiro atoms. The molecule has 1 saturated heterocycles. The lowest BCUT2D eigenvalue weighted by Gasteiger charge is -2.25. The summed E-state index contributed by atoms with van der Waals surface area (Å²) in [5, 5.41) is 44.5. The van der Waals surface area contributed by atoms with Crippen LogP contribution >= 0.6 is 0 Å². The van der Waals surface area contributed by atoms with Gasteiger partial charge in [-0.25, -0.2) is 15.0 Å². The van der Waals surface area contributed by atoms with Gasteiger partial charge < -0.3 is 30.5 Å². The lowest BCUT2D eigenvalue weighted by molar-refractivity contribution is -0.0511. The molecule has 5 rings (SSSR count). The van der Waals surface area contributed by atoms with Gasteiger partial charge in [-0.3, -0.25) is 4.57 Å². The number of ether oxygens (including phenoxy) is 1. The molecule has 0 saturated carbocycles. The number of benzene rings is 2. The molecule has 4 aromatic rings. The van der Waals surface area contributed by atoms with Crippen LogP contribution in [-0.2, 0) is 4.74 Å². The lowest BCUT2D eigenvalue weighted by Crippen LogP contribution is -2.33. The Morgan fingerprint density at radius 3 is 2.24 bits per heavy atom. The number of aliphatic hydroxyl groups is 4. The van der Waals surface area contributed by atoms with E-state index in [1.165, 1.54) is 17.2 Å². The number of hydrogen-bond donors (Lipinski definition) is 5. The molecule has 0 amide bonds. The molecule has 0 bridgehead atoms. The van der Waals surface area contributed by atoms with Crippen molar-refractivity contribution in [2.24, 2.45) is 0 Å². The number of imidazole rings is 1. The van der Waals surface area contributed by atoms with E-state index in [-0.39, 0.29) is 0 Å². The Bertz CT molecular complexity index is 1240. The summed E-state index contributed by atoms with van der Waals surface area (Å²) in [4.78, 5) is 13.1. The van der Waals surface area contributed by atoms with E-state index in [2.05, 4.69) is 20.3 Å². The monoisotopic (exact) mass is 463 g/mol. The summed E-state index contributed by atoms with van der Waals surface area (Å²) in [5.74, 6) is 0.388. The number of aromatic nitrogens is 4. The van der Waals surface area contributed by atoms with E-state index >= 15 is 0 Å². The molecule has 3 heterocycles. The summed E-state index contributed by atoms with van der Waals surface area (Å²) in [6.45, 7) is -0.431.